The van der Waals surface area contributed by atoms with E-state index in [0.717, 1.165) is 0 Å². The number of rotatable bonds is 2. The summed E-state index contributed by atoms with van der Waals surface area (Å²) in [7, 11) is 0. The summed E-state index contributed by atoms with van der Waals surface area (Å²) in [5.41, 5.74) is 26.5. The molecule has 2 nitrogen and oxygen atoms in total. The molecule has 0 radical (unpaired) electrons. The van der Waals surface area contributed by atoms with Crippen LogP contribution in [-0.2, 0) is 21.7 Å². The highest BCUT2D eigenvalue weighted by Gasteiger charge is 2.46. The van der Waals surface area contributed by atoms with Crippen LogP contribution < -0.4 is 0 Å². The first-order chi connectivity index (χ1) is 31.6. The zero-order chi connectivity index (χ0) is 44.9. The molecule has 15 rings (SSSR count). The third-order valence-corrected chi connectivity index (χ3v) is 17.7. The van der Waals surface area contributed by atoms with Crippen LogP contribution in [0.15, 0.2) is 133 Å². The number of hydrogen-bond donors (Lipinski definition) is 0. The average molecular weight is 849 g/mol. The largest absolute Gasteiger partial charge is 0.308 e. The summed E-state index contributed by atoms with van der Waals surface area (Å²) in [5.74, 6) is 0. The second-order valence-electron chi connectivity index (χ2n) is 22.7. The predicted octanol–water partition coefficient (Wildman–Crippen LogP) is 16.7. The molecule has 4 aliphatic rings. The minimum Gasteiger partial charge on any atom is -0.308 e. The Hall–Kier alpha value is -6.90. The molecule has 2 heteroatoms. The fourth-order valence-corrected chi connectivity index (χ4v) is 14.3. The Balaban J connectivity index is 1.07. The Morgan fingerprint density at radius 2 is 0.576 bits per heavy atom. The molecule has 318 valence electrons. The molecule has 0 bridgehead atoms. The molecule has 9 aromatic carbocycles. The molecule has 0 saturated carbocycles. The van der Waals surface area contributed by atoms with E-state index in [1.165, 1.54) is 154 Å². The van der Waals surface area contributed by atoms with Gasteiger partial charge in [0.15, 0.2) is 0 Å². The maximum Gasteiger partial charge on any atom is 0.0582 e. The first-order valence-electron chi connectivity index (χ1n) is 24.1. The van der Waals surface area contributed by atoms with Gasteiger partial charge in [0.2, 0.25) is 0 Å². The lowest BCUT2D eigenvalue weighted by atomic mass is 9.67. The summed E-state index contributed by atoms with van der Waals surface area (Å²) in [4.78, 5) is 0. The SMILES string of the molecule is Cc1ccc2c(-c3cc4c5c(c3)C(C)(C)c3cccc6c7cccc(c7n-5c36)C4(C)C)c3cc(C)ccc3c(-c3cc4c5c(c3)C(C)(C)c3cccc6c7cccc(c7n-5c36)C4(C)C)c2c1. The van der Waals surface area contributed by atoms with Crippen molar-refractivity contribution in [3.05, 3.63) is 189 Å². The molecule has 0 atom stereocenters. The molecule has 66 heavy (non-hydrogen) atoms. The number of aromatic nitrogens is 2. The summed E-state index contributed by atoms with van der Waals surface area (Å²) in [6.45, 7) is 24.2. The van der Waals surface area contributed by atoms with Crippen LogP contribution in [0.5, 0.6) is 0 Å². The van der Waals surface area contributed by atoms with Crippen molar-refractivity contribution in [1.29, 1.82) is 0 Å². The molecule has 6 heterocycles. The third-order valence-electron chi connectivity index (χ3n) is 17.7. The summed E-state index contributed by atoms with van der Waals surface area (Å²) in [6, 6.07) is 52.9. The van der Waals surface area contributed by atoms with Gasteiger partial charge in [-0.2, -0.15) is 0 Å². The lowest BCUT2D eigenvalue weighted by Gasteiger charge is -2.43. The zero-order valence-electron chi connectivity index (χ0n) is 39.6. The molecule has 0 unspecified atom stereocenters. The van der Waals surface area contributed by atoms with E-state index in [1.54, 1.807) is 0 Å². The van der Waals surface area contributed by atoms with E-state index in [1.807, 2.05) is 0 Å². The molecule has 0 aliphatic carbocycles. The van der Waals surface area contributed by atoms with E-state index in [-0.39, 0.29) is 21.7 Å². The Labute approximate surface area is 386 Å². The molecule has 4 aliphatic heterocycles. The van der Waals surface area contributed by atoms with Gasteiger partial charge in [-0.25, -0.2) is 0 Å². The average Bonchev–Trinajstić information content (AvgIpc) is 3.82. The van der Waals surface area contributed by atoms with Crippen LogP contribution in [0.25, 0.3) is 98.8 Å². The van der Waals surface area contributed by atoms with Crippen LogP contribution in [-0.4, -0.2) is 9.13 Å². The van der Waals surface area contributed by atoms with Crippen molar-refractivity contribution in [3.8, 4) is 33.6 Å². The highest BCUT2D eigenvalue weighted by Crippen LogP contribution is 2.59. The van der Waals surface area contributed by atoms with E-state index in [4.69, 9.17) is 0 Å². The summed E-state index contributed by atoms with van der Waals surface area (Å²) in [6.07, 6.45) is 0. The van der Waals surface area contributed by atoms with Crippen molar-refractivity contribution in [2.75, 3.05) is 0 Å². The standard InChI is InChI=1S/C64H52N2/c1-33-23-25-37-43(27-33)53(35-29-49-59-50(30-35)62(5,6)46-20-12-16-40-39-15-11-19-45(61(49,3)4)55(39)65(59)56(40)46)38-26-24-34(2)28-44(38)54(37)36-31-51-60-52(32-36)64(9,10)48-22-14-18-42-41-17-13-21-47(63(51,7)8)57(41)66(60)58(42)48/h11-32H,1-10H3. The summed E-state index contributed by atoms with van der Waals surface area (Å²) in [5, 5.41) is 10.7. The van der Waals surface area contributed by atoms with Gasteiger partial charge in [-0.1, -0.05) is 176 Å². The minimum atomic E-state index is -0.214. The normalized spacial score (nSPS) is 17.1. The molecule has 2 aromatic heterocycles. The Kier molecular flexibility index (Phi) is 6.43. The van der Waals surface area contributed by atoms with Crippen molar-refractivity contribution in [2.45, 2.75) is 90.9 Å². The molecule has 0 fully saturated rings. The van der Waals surface area contributed by atoms with E-state index in [9.17, 15) is 0 Å². The number of fused-ring (bicyclic) bond motifs is 4. The predicted molar refractivity (Wildman–Crippen MR) is 279 cm³/mol. The Morgan fingerprint density at radius 1 is 0.288 bits per heavy atom. The fraction of sp³-hybridized carbons (Fsp3) is 0.219. The van der Waals surface area contributed by atoms with Gasteiger partial charge in [0.05, 0.1) is 33.4 Å². The van der Waals surface area contributed by atoms with Crippen LogP contribution >= 0.6 is 0 Å². The van der Waals surface area contributed by atoms with Gasteiger partial charge >= 0.3 is 0 Å². The van der Waals surface area contributed by atoms with Gasteiger partial charge in [-0.3, -0.25) is 0 Å². The highest BCUT2D eigenvalue weighted by atomic mass is 15.0. The Morgan fingerprint density at radius 3 is 0.864 bits per heavy atom. The van der Waals surface area contributed by atoms with Gasteiger partial charge in [-0.15, -0.1) is 0 Å². The fourth-order valence-electron chi connectivity index (χ4n) is 14.3. The van der Waals surface area contributed by atoms with Crippen molar-refractivity contribution in [3.63, 3.8) is 0 Å². The van der Waals surface area contributed by atoms with Gasteiger partial charge in [-0.05, 0) is 126 Å². The second kappa shape index (κ2) is 11.4. The van der Waals surface area contributed by atoms with Crippen molar-refractivity contribution >= 4 is 65.2 Å². The first-order valence-corrected chi connectivity index (χ1v) is 24.1. The summed E-state index contributed by atoms with van der Waals surface area (Å²) >= 11 is 0. The topological polar surface area (TPSA) is 9.86 Å². The van der Waals surface area contributed by atoms with E-state index in [0.29, 0.717) is 0 Å². The number of benzene rings is 9. The lowest BCUT2D eigenvalue weighted by molar-refractivity contribution is 0.594. The highest BCUT2D eigenvalue weighted by molar-refractivity contribution is 6.23. The maximum atomic E-state index is 2.65. The van der Waals surface area contributed by atoms with Crippen molar-refractivity contribution in [1.82, 2.24) is 9.13 Å². The van der Waals surface area contributed by atoms with Crippen molar-refractivity contribution < 1.29 is 0 Å². The molecular formula is C64H52N2. The molecule has 0 saturated heterocycles. The van der Waals surface area contributed by atoms with E-state index < -0.39 is 0 Å². The smallest absolute Gasteiger partial charge is 0.0582 e. The molecule has 0 N–H and O–H groups in total. The van der Waals surface area contributed by atoms with E-state index >= 15 is 0 Å². The van der Waals surface area contributed by atoms with Crippen molar-refractivity contribution in [2.24, 2.45) is 0 Å². The lowest BCUT2D eigenvalue weighted by Crippen LogP contribution is -2.33. The quantitative estimate of drug-likeness (QED) is 0.153. The van der Waals surface area contributed by atoms with Gasteiger partial charge < -0.3 is 9.13 Å². The van der Waals surface area contributed by atoms with Gasteiger partial charge in [0.1, 0.15) is 0 Å². The second-order valence-corrected chi connectivity index (χ2v) is 22.7. The van der Waals surface area contributed by atoms with Crippen LogP contribution in [0, 0.1) is 13.8 Å². The first kappa shape index (κ1) is 37.3. The number of nitrogens with zero attached hydrogens (tertiary/aromatic N) is 2. The van der Waals surface area contributed by atoms with Crippen LogP contribution in [0.3, 0.4) is 0 Å². The molecule has 11 aromatic rings. The maximum absolute atomic E-state index is 2.65. The molecule has 0 amide bonds. The molecular weight excluding hydrogens is 797 g/mol. The molecule has 0 spiro atoms. The third kappa shape index (κ3) is 4.03. The number of para-hydroxylation sites is 4. The van der Waals surface area contributed by atoms with Gasteiger partial charge in [0.25, 0.3) is 0 Å². The van der Waals surface area contributed by atoms with E-state index in [2.05, 4.69) is 212 Å². The van der Waals surface area contributed by atoms with Crippen LogP contribution in [0.2, 0.25) is 0 Å². The monoisotopic (exact) mass is 848 g/mol. The number of aryl methyl sites for hydroxylation is 2. The Bertz CT molecular complexity index is 3710. The van der Waals surface area contributed by atoms with Crippen LogP contribution in [0.4, 0.5) is 0 Å². The summed E-state index contributed by atoms with van der Waals surface area (Å²) < 4.78 is 5.30. The number of hydrogen-bond acceptors (Lipinski definition) is 0. The van der Waals surface area contributed by atoms with Gasteiger partial charge in [0, 0.05) is 43.2 Å². The van der Waals surface area contributed by atoms with Crippen LogP contribution in [0.1, 0.15) is 111 Å². The minimum absolute atomic E-state index is 0.214. The zero-order valence-corrected chi connectivity index (χ0v) is 39.6.